The lowest BCUT2D eigenvalue weighted by molar-refractivity contribution is -0.131. The Morgan fingerprint density at radius 2 is 2.11 bits per heavy atom. The highest BCUT2D eigenvalue weighted by Gasteiger charge is 2.20. The van der Waals surface area contributed by atoms with Gasteiger partial charge in [-0.25, -0.2) is 0 Å². The van der Waals surface area contributed by atoms with Crippen LogP contribution in [-0.4, -0.2) is 24.5 Å². The maximum absolute atomic E-state index is 12.0. The molecule has 1 aliphatic heterocycles. The fraction of sp³-hybridized carbons (Fsp3) is 0.533. The molecule has 0 spiro atoms. The molecular weight excluding hydrogens is 226 g/mol. The number of unbranched alkanes of at least 4 members (excludes halogenated alkanes) is 1. The molecule has 1 aromatic carbocycles. The van der Waals surface area contributed by atoms with Gasteiger partial charge in [-0.3, -0.25) is 4.79 Å². The quantitative estimate of drug-likeness (QED) is 0.818. The average molecular weight is 247 g/mol. The topological polar surface area (TPSA) is 29.5 Å². The highest BCUT2D eigenvalue weighted by Crippen LogP contribution is 2.24. The second-order valence-electron chi connectivity index (χ2n) is 4.80. The van der Waals surface area contributed by atoms with E-state index in [1.807, 2.05) is 11.0 Å². The van der Waals surface area contributed by atoms with Crippen molar-refractivity contribution in [2.24, 2.45) is 0 Å². The highest BCUT2D eigenvalue weighted by atomic mass is 16.5. The summed E-state index contributed by atoms with van der Waals surface area (Å²) in [6, 6.07) is 6.13. The molecule has 0 aliphatic carbocycles. The van der Waals surface area contributed by atoms with Crippen LogP contribution in [0.2, 0.25) is 0 Å². The minimum atomic E-state index is 0.276. The van der Waals surface area contributed by atoms with Crippen LogP contribution in [0.15, 0.2) is 18.2 Å². The molecular formula is C15H21NO2. The van der Waals surface area contributed by atoms with E-state index in [0.717, 1.165) is 38.1 Å². The number of carbonyl (C=O) groups is 1. The lowest BCUT2D eigenvalue weighted by atomic mass is 10.0. The third kappa shape index (κ3) is 2.84. The van der Waals surface area contributed by atoms with Gasteiger partial charge in [-0.15, -0.1) is 0 Å². The number of aryl methyl sites for hydroxylation is 1. The zero-order valence-electron chi connectivity index (χ0n) is 11.2. The van der Waals surface area contributed by atoms with Gasteiger partial charge in [0, 0.05) is 19.5 Å². The van der Waals surface area contributed by atoms with Crippen molar-refractivity contribution in [3.63, 3.8) is 0 Å². The molecule has 98 valence electrons. The first kappa shape index (κ1) is 12.9. The predicted molar refractivity (Wildman–Crippen MR) is 71.6 cm³/mol. The zero-order chi connectivity index (χ0) is 13.0. The van der Waals surface area contributed by atoms with E-state index in [2.05, 4.69) is 19.1 Å². The predicted octanol–water partition coefficient (Wildman–Crippen LogP) is 2.77. The molecule has 0 radical (unpaired) electrons. The van der Waals surface area contributed by atoms with Crippen LogP contribution in [-0.2, 0) is 17.8 Å². The lowest BCUT2D eigenvalue weighted by Crippen LogP contribution is -2.30. The molecule has 0 N–H and O–H groups in total. The van der Waals surface area contributed by atoms with Gasteiger partial charge in [0.1, 0.15) is 5.75 Å². The maximum atomic E-state index is 12.0. The van der Waals surface area contributed by atoms with Crippen LogP contribution in [0.5, 0.6) is 5.75 Å². The first-order valence-electron chi connectivity index (χ1n) is 6.68. The summed E-state index contributed by atoms with van der Waals surface area (Å²) in [4.78, 5) is 14.0. The largest absolute Gasteiger partial charge is 0.497 e. The fourth-order valence-electron chi connectivity index (χ4n) is 2.37. The van der Waals surface area contributed by atoms with Crippen molar-refractivity contribution in [3.8, 4) is 5.75 Å². The van der Waals surface area contributed by atoms with Crippen LogP contribution in [0.25, 0.3) is 0 Å². The summed E-state index contributed by atoms with van der Waals surface area (Å²) < 4.78 is 5.26. The first-order valence-corrected chi connectivity index (χ1v) is 6.68. The van der Waals surface area contributed by atoms with Gasteiger partial charge in [-0.05, 0) is 36.1 Å². The number of rotatable bonds is 4. The Bertz CT molecular complexity index is 429. The monoisotopic (exact) mass is 247 g/mol. The van der Waals surface area contributed by atoms with E-state index >= 15 is 0 Å². The normalized spacial score (nSPS) is 15.2. The van der Waals surface area contributed by atoms with Gasteiger partial charge >= 0.3 is 0 Å². The molecule has 3 nitrogen and oxygen atoms in total. The van der Waals surface area contributed by atoms with Crippen molar-refractivity contribution < 1.29 is 9.53 Å². The van der Waals surface area contributed by atoms with Gasteiger partial charge in [0.15, 0.2) is 0 Å². The van der Waals surface area contributed by atoms with Gasteiger partial charge in [-0.2, -0.15) is 0 Å². The summed E-state index contributed by atoms with van der Waals surface area (Å²) in [5.74, 6) is 1.15. The minimum Gasteiger partial charge on any atom is -0.497 e. The summed E-state index contributed by atoms with van der Waals surface area (Å²) in [7, 11) is 1.68. The molecule has 0 saturated heterocycles. The summed E-state index contributed by atoms with van der Waals surface area (Å²) in [5.41, 5.74) is 2.51. The second kappa shape index (κ2) is 5.89. The summed E-state index contributed by atoms with van der Waals surface area (Å²) in [5, 5.41) is 0. The number of nitrogens with zero attached hydrogens (tertiary/aromatic N) is 1. The molecule has 0 atom stereocenters. The van der Waals surface area contributed by atoms with Gasteiger partial charge < -0.3 is 9.64 Å². The van der Waals surface area contributed by atoms with Gasteiger partial charge in [0.2, 0.25) is 5.91 Å². The van der Waals surface area contributed by atoms with E-state index < -0.39 is 0 Å². The van der Waals surface area contributed by atoms with Crippen LogP contribution >= 0.6 is 0 Å². The van der Waals surface area contributed by atoms with Crippen LogP contribution in [0.3, 0.4) is 0 Å². The van der Waals surface area contributed by atoms with E-state index in [1.165, 1.54) is 11.1 Å². The van der Waals surface area contributed by atoms with Crippen molar-refractivity contribution in [2.75, 3.05) is 13.7 Å². The van der Waals surface area contributed by atoms with Crippen molar-refractivity contribution >= 4 is 5.91 Å². The number of fused-ring (bicyclic) bond motifs is 1. The molecule has 1 aliphatic rings. The maximum Gasteiger partial charge on any atom is 0.223 e. The SMILES string of the molecule is CCCCN1Cc2cc(OC)ccc2CCC1=O. The number of methoxy groups -OCH3 is 1. The number of amides is 1. The Hall–Kier alpha value is -1.51. The van der Waals surface area contributed by atoms with Crippen LogP contribution < -0.4 is 4.74 Å². The number of hydrogen-bond donors (Lipinski definition) is 0. The smallest absolute Gasteiger partial charge is 0.223 e. The van der Waals surface area contributed by atoms with Crippen molar-refractivity contribution in [2.45, 2.75) is 39.2 Å². The minimum absolute atomic E-state index is 0.276. The van der Waals surface area contributed by atoms with E-state index in [9.17, 15) is 4.79 Å². The zero-order valence-corrected chi connectivity index (χ0v) is 11.2. The van der Waals surface area contributed by atoms with Crippen LogP contribution in [0.1, 0.15) is 37.3 Å². The third-order valence-corrected chi connectivity index (χ3v) is 3.52. The fourth-order valence-corrected chi connectivity index (χ4v) is 2.37. The molecule has 0 bridgehead atoms. The number of hydrogen-bond acceptors (Lipinski definition) is 2. The van der Waals surface area contributed by atoms with E-state index in [-0.39, 0.29) is 5.91 Å². The summed E-state index contributed by atoms with van der Waals surface area (Å²) >= 11 is 0. The molecule has 0 fully saturated rings. The van der Waals surface area contributed by atoms with E-state index in [4.69, 9.17) is 4.74 Å². The third-order valence-electron chi connectivity index (χ3n) is 3.52. The molecule has 0 saturated carbocycles. The van der Waals surface area contributed by atoms with Crippen molar-refractivity contribution in [1.82, 2.24) is 4.90 Å². The first-order chi connectivity index (χ1) is 8.74. The molecule has 2 rings (SSSR count). The molecule has 18 heavy (non-hydrogen) atoms. The highest BCUT2D eigenvalue weighted by molar-refractivity contribution is 5.77. The Balaban J connectivity index is 2.20. The van der Waals surface area contributed by atoms with Gasteiger partial charge in [-0.1, -0.05) is 19.4 Å². The second-order valence-corrected chi connectivity index (χ2v) is 4.80. The molecule has 0 aromatic heterocycles. The van der Waals surface area contributed by atoms with Gasteiger partial charge in [0.05, 0.1) is 7.11 Å². The summed E-state index contributed by atoms with van der Waals surface area (Å²) in [6.45, 7) is 3.75. The summed E-state index contributed by atoms with van der Waals surface area (Å²) in [6.07, 6.45) is 3.67. The average Bonchev–Trinajstić information content (AvgIpc) is 2.55. The molecule has 1 amide bonds. The Morgan fingerprint density at radius 3 is 2.83 bits per heavy atom. The number of carbonyl (C=O) groups excluding carboxylic acids is 1. The number of benzene rings is 1. The Morgan fingerprint density at radius 1 is 1.28 bits per heavy atom. The molecule has 0 unspecified atom stereocenters. The molecule has 1 aromatic rings. The van der Waals surface area contributed by atoms with Crippen molar-refractivity contribution in [1.29, 1.82) is 0 Å². The van der Waals surface area contributed by atoms with E-state index in [1.54, 1.807) is 7.11 Å². The van der Waals surface area contributed by atoms with E-state index in [0.29, 0.717) is 6.42 Å². The molecule has 3 heteroatoms. The Kier molecular flexibility index (Phi) is 4.24. The van der Waals surface area contributed by atoms with Crippen LogP contribution in [0, 0.1) is 0 Å². The Labute approximate surface area is 109 Å². The standard InChI is InChI=1S/C15H21NO2/c1-3-4-9-16-11-13-10-14(18-2)7-5-12(13)6-8-15(16)17/h5,7,10H,3-4,6,8-9,11H2,1-2H3. The van der Waals surface area contributed by atoms with Crippen LogP contribution in [0.4, 0.5) is 0 Å². The molecule has 1 heterocycles. The van der Waals surface area contributed by atoms with Crippen molar-refractivity contribution in [3.05, 3.63) is 29.3 Å². The lowest BCUT2D eigenvalue weighted by Gasteiger charge is -2.21. The van der Waals surface area contributed by atoms with Gasteiger partial charge in [0.25, 0.3) is 0 Å². The number of ether oxygens (including phenoxy) is 1.